The maximum atomic E-state index is 11.1. The van der Waals surface area contributed by atoms with E-state index in [1.54, 1.807) is 6.92 Å². The highest BCUT2D eigenvalue weighted by atomic mass is 16.5. The van der Waals surface area contributed by atoms with Crippen molar-refractivity contribution in [1.29, 1.82) is 0 Å². The molecule has 12 heavy (non-hydrogen) atoms. The van der Waals surface area contributed by atoms with Gasteiger partial charge < -0.3 is 10.1 Å². The zero-order valence-corrected chi connectivity index (χ0v) is 7.72. The zero-order chi connectivity index (χ0) is 9.56. The summed E-state index contributed by atoms with van der Waals surface area (Å²) in [5.41, 5.74) is 0. The van der Waals surface area contributed by atoms with Gasteiger partial charge in [-0.15, -0.1) is 0 Å². The summed E-state index contributed by atoms with van der Waals surface area (Å²) in [6.07, 6.45) is 0.554. The Morgan fingerprint density at radius 2 is 2.00 bits per heavy atom. The van der Waals surface area contributed by atoms with Gasteiger partial charge in [-0.2, -0.15) is 0 Å². The Balaban J connectivity index is 3.96. The fourth-order valence-corrected chi connectivity index (χ4v) is 0.816. The molecule has 0 heterocycles. The van der Waals surface area contributed by atoms with Crippen LogP contribution in [0.3, 0.4) is 0 Å². The molecular weight excluding hydrogens is 158 g/mol. The zero-order valence-electron chi connectivity index (χ0n) is 7.72. The number of nitrogens with one attached hydrogen (secondary N) is 1. The summed E-state index contributed by atoms with van der Waals surface area (Å²) in [7, 11) is 0. The summed E-state index contributed by atoms with van der Waals surface area (Å²) in [4.78, 5) is 21.7. The van der Waals surface area contributed by atoms with Crippen molar-refractivity contribution in [2.24, 2.45) is 0 Å². The second kappa shape index (κ2) is 5.57. The molecule has 0 aromatic carbocycles. The van der Waals surface area contributed by atoms with Gasteiger partial charge in [-0.3, -0.25) is 4.79 Å². The van der Waals surface area contributed by atoms with Crippen LogP contribution in [-0.4, -0.2) is 24.5 Å². The molecule has 0 rings (SSSR count). The summed E-state index contributed by atoms with van der Waals surface area (Å²) >= 11 is 0. The van der Waals surface area contributed by atoms with Crippen molar-refractivity contribution < 1.29 is 14.3 Å². The minimum Gasteiger partial charge on any atom is -0.464 e. The summed E-state index contributed by atoms with van der Waals surface area (Å²) in [5, 5.41) is 2.50. The highest BCUT2D eigenvalue weighted by molar-refractivity contribution is 5.83. The summed E-state index contributed by atoms with van der Waals surface area (Å²) in [5.74, 6) is -0.579. The highest BCUT2D eigenvalue weighted by Gasteiger charge is 2.17. The molecule has 1 N–H and O–H groups in total. The minimum absolute atomic E-state index is 0.213. The van der Waals surface area contributed by atoms with Crippen LogP contribution in [0.5, 0.6) is 0 Å². The first kappa shape index (κ1) is 10.9. The van der Waals surface area contributed by atoms with Gasteiger partial charge in [-0.05, 0) is 13.3 Å². The first-order chi connectivity index (χ1) is 5.61. The number of carbonyl (C=O) groups excluding carboxylic acids is 2. The van der Waals surface area contributed by atoms with E-state index in [1.165, 1.54) is 6.92 Å². The molecule has 0 fully saturated rings. The van der Waals surface area contributed by atoms with Crippen molar-refractivity contribution in [3.8, 4) is 0 Å². The van der Waals surface area contributed by atoms with Crippen LogP contribution in [0.2, 0.25) is 0 Å². The molecule has 0 spiro atoms. The molecule has 1 amide bonds. The van der Waals surface area contributed by atoms with E-state index >= 15 is 0 Å². The van der Waals surface area contributed by atoms with Gasteiger partial charge in [0.2, 0.25) is 5.91 Å². The molecule has 0 aliphatic rings. The molecular formula is C8H15NO3. The van der Waals surface area contributed by atoms with Gasteiger partial charge >= 0.3 is 5.97 Å². The van der Waals surface area contributed by atoms with Crippen LogP contribution in [0.4, 0.5) is 0 Å². The third kappa shape index (κ3) is 3.95. The number of amides is 1. The lowest BCUT2D eigenvalue weighted by Gasteiger charge is -2.13. The van der Waals surface area contributed by atoms with E-state index in [0.29, 0.717) is 13.0 Å². The second-order valence-electron chi connectivity index (χ2n) is 2.41. The van der Waals surface area contributed by atoms with E-state index in [2.05, 4.69) is 5.32 Å². The quantitative estimate of drug-likeness (QED) is 0.628. The number of hydrogen-bond acceptors (Lipinski definition) is 3. The molecule has 0 saturated carbocycles. The molecule has 0 bridgehead atoms. The SMILES string of the molecule is CCOC(=O)C(CC)NC(C)=O. The van der Waals surface area contributed by atoms with E-state index in [1.807, 2.05) is 6.92 Å². The largest absolute Gasteiger partial charge is 0.464 e. The van der Waals surface area contributed by atoms with E-state index in [9.17, 15) is 9.59 Å². The molecule has 0 radical (unpaired) electrons. The topological polar surface area (TPSA) is 55.4 Å². The molecule has 1 unspecified atom stereocenters. The summed E-state index contributed by atoms with van der Waals surface area (Å²) in [6, 6.07) is -0.498. The summed E-state index contributed by atoms with van der Waals surface area (Å²) in [6.45, 7) is 5.27. The van der Waals surface area contributed by atoms with E-state index < -0.39 is 6.04 Å². The fraction of sp³-hybridized carbons (Fsp3) is 0.750. The van der Waals surface area contributed by atoms with Crippen molar-refractivity contribution in [3.63, 3.8) is 0 Å². The molecule has 4 heteroatoms. The van der Waals surface area contributed by atoms with E-state index in [-0.39, 0.29) is 11.9 Å². The lowest BCUT2D eigenvalue weighted by molar-refractivity contribution is -0.147. The first-order valence-corrected chi connectivity index (χ1v) is 4.05. The Morgan fingerprint density at radius 3 is 2.33 bits per heavy atom. The number of hydrogen-bond donors (Lipinski definition) is 1. The molecule has 0 aromatic rings. The Labute approximate surface area is 72.3 Å². The van der Waals surface area contributed by atoms with Crippen molar-refractivity contribution in [2.45, 2.75) is 33.2 Å². The van der Waals surface area contributed by atoms with Gasteiger partial charge in [0, 0.05) is 6.92 Å². The van der Waals surface area contributed by atoms with Gasteiger partial charge in [0.05, 0.1) is 6.61 Å². The van der Waals surface area contributed by atoms with Crippen LogP contribution in [0, 0.1) is 0 Å². The summed E-state index contributed by atoms with van der Waals surface area (Å²) < 4.78 is 4.74. The Hall–Kier alpha value is -1.06. The van der Waals surface area contributed by atoms with E-state index in [0.717, 1.165) is 0 Å². The predicted molar refractivity (Wildman–Crippen MR) is 44.5 cm³/mol. The predicted octanol–water partition coefficient (Wildman–Crippen LogP) is 0.464. The molecule has 0 saturated heterocycles. The fourth-order valence-electron chi connectivity index (χ4n) is 0.816. The highest BCUT2D eigenvalue weighted by Crippen LogP contribution is 1.94. The number of rotatable bonds is 4. The van der Waals surface area contributed by atoms with Gasteiger partial charge in [0.15, 0.2) is 0 Å². The van der Waals surface area contributed by atoms with E-state index in [4.69, 9.17) is 4.74 Å². The van der Waals surface area contributed by atoms with Gasteiger partial charge in [-0.1, -0.05) is 6.92 Å². The van der Waals surface area contributed by atoms with Crippen molar-refractivity contribution in [1.82, 2.24) is 5.32 Å². The molecule has 4 nitrogen and oxygen atoms in total. The minimum atomic E-state index is -0.498. The van der Waals surface area contributed by atoms with Crippen LogP contribution < -0.4 is 5.32 Å². The monoisotopic (exact) mass is 173 g/mol. The average molecular weight is 173 g/mol. The standard InChI is InChI=1S/C8H15NO3/c1-4-7(9-6(3)10)8(11)12-5-2/h7H,4-5H2,1-3H3,(H,9,10). The number of carbonyl (C=O) groups is 2. The van der Waals surface area contributed by atoms with Gasteiger partial charge in [-0.25, -0.2) is 4.79 Å². The Bertz CT molecular complexity index is 168. The first-order valence-electron chi connectivity index (χ1n) is 4.05. The molecule has 1 atom stereocenters. The normalized spacial score (nSPS) is 11.9. The molecule has 0 aliphatic carbocycles. The number of esters is 1. The Morgan fingerprint density at radius 1 is 1.42 bits per heavy atom. The van der Waals surface area contributed by atoms with Crippen LogP contribution in [-0.2, 0) is 14.3 Å². The second-order valence-corrected chi connectivity index (χ2v) is 2.41. The maximum Gasteiger partial charge on any atom is 0.328 e. The lowest BCUT2D eigenvalue weighted by atomic mass is 10.2. The molecule has 70 valence electrons. The van der Waals surface area contributed by atoms with Crippen molar-refractivity contribution >= 4 is 11.9 Å². The van der Waals surface area contributed by atoms with Gasteiger partial charge in [0.25, 0.3) is 0 Å². The third-order valence-corrected chi connectivity index (χ3v) is 1.36. The van der Waals surface area contributed by atoms with Crippen LogP contribution in [0.25, 0.3) is 0 Å². The molecule has 0 aliphatic heterocycles. The number of ether oxygens (including phenoxy) is 1. The van der Waals surface area contributed by atoms with Crippen molar-refractivity contribution in [2.75, 3.05) is 6.61 Å². The third-order valence-electron chi connectivity index (χ3n) is 1.36. The average Bonchev–Trinajstić information content (AvgIpc) is 2.00. The van der Waals surface area contributed by atoms with Crippen LogP contribution in [0.15, 0.2) is 0 Å². The maximum absolute atomic E-state index is 11.1. The smallest absolute Gasteiger partial charge is 0.328 e. The molecule has 0 aromatic heterocycles. The van der Waals surface area contributed by atoms with Gasteiger partial charge in [0.1, 0.15) is 6.04 Å². The lowest BCUT2D eigenvalue weighted by Crippen LogP contribution is -2.40. The van der Waals surface area contributed by atoms with Crippen LogP contribution in [0.1, 0.15) is 27.2 Å². The Kier molecular flexibility index (Phi) is 5.08. The van der Waals surface area contributed by atoms with Crippen molar-refractivity contribution in [3.05, 3.63) is 0 Å². The van der Waals surface area contributed by atoms with Crippen LogP contribution >= 0.6 is 0 Å².